The van der Waals surface area contributed by atoms with Crippen molar-refractivity contribution in [3.05, 3.63) is 12.1 Å². The van der Waals surface area contributed by atoms with Gasteiger partial charge in [0.25, 0.3) is 0 Å². The van der Waals surface area contributed by atoms with E-state index in [0.29, 0.717) is 23.3 Å². The second-order valence-electron chi connectivity index (χ2n) is 4.73. The highest BCUT2D eigenvalue weighted by atomic mass is 16.6. The molecule has 3 rings (SSSR count). The standard InChI is InChI=1S/C12H15N5O2/c1-16-5-2-6-17(7-10(16)18)9-4-3-8(13)11-12(9)15-19-14-11/h3-4H,2,5-7,13H2,1H3. The molecule has 1 amide bonds. The summed E-state index contributed by atoms with van der Waals surface area (Å²) in [6.07, 6.45) is 0.916. The van der Waals surface area contributed by atoms with Gasteiger partial charge < -0.3 is 15.5 Å². The Morgan fingerprint density at radius 2 is 2.05 bits per heavy atom. The van der Waals surface area contributed by atoms with Gasteiger partial charge in [0.05, 0.1) is 17.9 Å². The van der Waals surface area contributed by atoms with Crippen molar-refractivity contribution in [1.29, 1.82) is 0 Å². The molecule has 1 fully saturated rings. The largest absolute Gasteiger partial charge is 0.397 e. The average Bonchev–Trinajstić information content (AvgIpc) is 2.82. The van der Waals surface area contributed by atoms with Crippen LogP contribution in [0.25, 0.3) is 11.0 Å². The molecule has 1 saturated heterocycles. The van der Waals surface area contributed by atoms with E-state index in [1.807, 2.05) is 18.0 Å². The van der Waals surface area contributed by atoms with E-state index in [-0.39, 0.29) is 5.91 Å². The molecule has 1 aromatic carbocycles. The fourth-order valence-corrected chi connectivity index (χ4v) is 2.32. The molecule has 0 radical (unpaired) electrons. The van der Waals surface area contributed by atoms with Gasteiger partial charge in [-0.2, -0.15) is 0 Å². The lowest BCUT2D eigenvalue weighted by Gasteiger charge is -2.21. The van der Waals surface area contributed by atoms with Crippen molar-refractivity contribution in [3.63, 3.8) is 0 Å². The van der Waals surface area contributed by atoms with Gasteiger partial charge >= 0.3 is 0 Å². The number of likely N-dealkylation sites (N-methyl/N-ethyl adjacent to an activating group) is 1. The highest BCUT2D eigenvalue weighted by Crippen LogP contribution is 2.28. The van der Waals surface area contributed by atoms with Gasteiger partial charge in [0.1, 0.15) is 0 Å². The second kappa shape index (κ2) is 4.42. The zero-order valence-corrected chi connectivity index (χ0v) is 10.7. The van der Waals surface area contributed by atoms with Gasteiger partial charge in [-0.05, 0) is 28.9 Å². The first-order valence-corrected chi connectivity index (χ1v) is 6.16. The summed E-state index contributed by atoms with van der Waals surface area (Å²) in [6, 6.07) is 3.63. The smallest absolute Gasteiger partial charge is 0.241 e. The molecule has 2 aromatic rings. The number of nitrogens with zero attached hydrogens (tertiary/aromatic N) is 4. The van der Waals surface area contributed by atoms with Crippen molar-refractivity contribution >= 4 is 28.3 Å². The number of aromatic nitrogens is 2. The molecule has 0 aliphatic carbocycles. The summed E-state index contributed by atoms with van der Waals surface area (Å²) in [5.41, 5.74) is 8.34. The molecule has 0 spiro atoms. The number of nitrogens with two attached hydrogens (primary N) is 1. The third kappa shape index (κ3) is 1.96. The monoisotopic (exact) mass is 261 g/mol. The number of benzene rings is 1. The minimum atomic E-state index is 0.0962. The van der Waals surface area contributed by atoms with Gasteiger partial charge in [-0.3, -0.25) is 4.79 Å². The fraction of sp³-hybridized carbons (Fsp3) is 0.417. The summed E-state index contributed by atoms with van der Waals surface area (Å²) in [5.74, 6) is 0.0962. The van der Waals surface area contributed by atoms with Crippen LogP contribution >= 0.6 is 0 Å². The first kappa shape index (κ1) is 11.8. The lowest BCUT2D eigenvalue weighted by molar-refractivity contribution is -0.127. The summed E-state index contributed by atoms with van der Waals surface area (Å²) in [7, 11) is 1.82. The number of hydrogen-bond donors (Lipinski definition) is 1. The number of fused-ring (bicyclic) bond motifs is 1. The molecule has 0 bridgehead atoms. The maximum Gasteiger partial charge on any atom is 0.241 e. The first-order valence-electron chi connectivity index (χ1n) is 6.16. The number of rotatable bonds is 1. The number of nitrogen functional groups attached to an aromatic ring is 1. The van der Waals surface area contributed by atoms with Crippen molar-refractivity contribution in [2.24, 2.45) is 0 Å². The summed E-state index contributed by atoms with van der Waals surface area (Å²) in [6.45, 7) is 1.90. The van der Waals surface area contributed by atoms with E-state index < -0.39 is 0 Å². The number of hydrogen-bond acceptors (Lipinski definition) is 6. The van der Waals surface area contributed by atoms with Gasteiger partial charge in [-0.25, -0.2) is 4.63 Å². The predicted molar refractivity (Wildman–Crippen MR) is 70.7 cm³/mol. The SMILES string of the molecule is CN1CCCN(c2ccc(N)c3nonc23)CC1=O. The van der Waals surface area contributed by atoms with Crippen molar-refractivity contribution in [3.8, 4) is 0 Å². The minimum absolute atomic E-state index is 0.0962. The van der Waals surface area contributed by atoms with E-state index >= 15 is 0 Å². The van der Waals surface area contributed by atoms with Crippen LogP contribution in [0.2, 0.25) is 0 Å². The van der Waals surface area contributed by atoms with E-state index in [2.05, 4.69) is 10.3 Å². The lowest BCUT2D eigenvalue weighted by atomic mass is 10.2. The molecule has 0 unspecified atom stereocenters. The van der Waals surface area contributed by atoms with Gasteiger partial charge in [0.2, 0.25) is 5.91 Å². The Hall–Kier alpha value is -2.31. The van der Waals surface area contributed by atoms with E-state index in [9.17, 15) is 4.79 Å². The lowest BCUT2D eigenvalue weighted by Crippen LogP contribution is -2.34. The molecule has 2 N–H and O–H groups in total. The zero-order chi connectivity index (χ0) is 13.4. The average molecular weight is 261 g/mol. The van der Waals surface area contributed by atoms with Crippen LogP contribution in [0, 0.1) is 0 Å². The predicted octanol–water partition coefficient (Wildman–Crippen LogP) is 0.473. The number of carbonyl (C=O) groups is 1. The van der Waals surface area contributed by atoms with Crippen LogP contribution in [-0.2, 0) is 4.79 Å². The quantitative estimate of drug-likeness (QED) is 0.751. The molecule has 1 aliphatic rings. The van der Waals surface area contributed by atoms with Gasteiger partial charge in [0, 0.05) is 20.1 Å². The third-order valence-corrected chi connectivity index (χ3v) is 3.44. The molecule has 1 aromatic heterocycles. The molecular formula is C12H15N5O2. The van der Waals surface area contributed by atoms with E-state index in [1.54, 1.807) is 11.0 Å². The summed E-state index contributed by atoms with van der Waals surface area (Å²) < 4.78 is 4.75. The van der Waals surface area contributed by atoms with Crippen LogP contribution in [0.1, 0.15) is 6.42 Å². The van der Waals surface area contributed by atoms with Crippen LogP contribution < -0.4 is 10.6 Å². The van der Waals surface area contributed by atoms with Gasteiger partial charge in [-0.1, -0.05) is 0 Å². The molecule has 0 atom stereocenters. The van der Waals surface area contributed by atoms with Crippen molar-refractivity contribution < 1.29 is 9.42 Å². The van der Waals surface area contributed by atoms with Crippen LogP contribution in [0.15, 0.2) is 16.8 Å². The normalized spacial score (nSPS) is 17.0. The zero-order valence-electron chi connectivity index (χ0n) is 10.7. The molecule has 100 valence electrons. The highest BCUT2D eigenvalue weighted by Gasteiger charge is 2.22. The Kier molecular flexibility index (Phi) is 2.73. The third-order valence-electron chi connectivity index (χ3n) is 3.44. The Labute approximate surface area is 109 Å². The van der Waals surface area contributed by atoms with Crippen molar-refractivity contribution in [2.75, 3.05) is 37.3 Å². The summed E-state index contributed by atoms with van der Waals surface area (Å²) >= 11 is 0. The van der Waals surface area contributed by atoms with E-state index in [4.69, 9.17) is 10.4 Å². The van der Waals surface area contributed by atoms with Crippen LogP contribution in [0.5, 0.6) is 0 Å². The summed E-state index contributed by atoms with van der Waals surface area (Å²) in [4.78, 5) is 15.7. The Bertz CT molecular complexity index is 624. The van der Waals surface area contributed by atoms with E-state index in [1.165, 1.54) is 0 Å². The van der Waals surface area contributed by atoms with Crippen molar-refractivity contribution in [2.45, 2.75) is 6.42 Å². The number of carbonyl (C=O) groups excluding carboxylic acids is 1. The Morgan fingerprint density at radius 3 is 2.89 bits per heavy atom. The van der Waals surface area contributed by atoms with Crippen molar-refractivity contribution in [1.82, 2.24) is 15.2 Å². The Morgan fingerprint density at radius 1 is 1.26 bits per heavy atom. The summed E-state index contributed by atoms with van der Waals surface area (Å²) in [5, 5.41) is 7.69. The molecular weight excluding hydrogens is 246 g/mol. The molecule has 1 aliphatic heterocycles. The maximum absolute atomic E-state index is 11.9. The number of amides is 1. The molecule has 7 heteroatoms. The Balaban J connectivity index is 2.02. The molecule has 2 heterocycles. The van der Waals surface area contributed by atoms with Crippen LogP contribution in [0.3, 0.4) is 0 Å². The van der Waals surface area contributed by atoms with Crippen LogP contribution in [0.4, 0.5) is 11.4 Å². The highest BCUT2D eigenvalue weighted by molar-refractivity contribution is 5.96. The number of anilines is 2. The van der Waals surface area contributed by atoms with E-state index in [0.717, 1.165) is 25.2 Å². The molecule has 0 saturated carbocycles. The minimum Gasteiger partial charge on any atom is -0.397 e. The topological polar surface area (TPSA) is 88.5 Å². The fourth-order valence-electron chi connectivity index (χ4n) is 2.32. The maximum atomic E-state index is 11.9. The van der Waals surface area contributed by atoms with Crippen LogP contribution in [-0.4, -0.2) is 47.8 Å². The first-order chi connectivity index (χ1) is 9.16. The second-order valence-corrected chi connectivity index (χ2v) is 4.73. The van der Waals surface area contributed by atoms with Gasteiger partial charge in [0.15, 0.2) is 11.0 Å². The molecule has 7 nitrogen and oxygen atoms in total. The molecule has 19 heavy (non-hydrogen) atoms. The van der Waals surface area contributed by atoms with Gasteiger partial charge in [-0.15, -0.1) is 0 Å².